The number of rotatable bonds is 5. The number of anilines is 1. The molecule has 37 heavy (non-hydrogen) atoms. The zero-order chi connectivity index (χ0) is 26.6. The largest absolute Gasteiger partial charge is 0.463 e. The minimum absolute atomic E-state index is 0.000988. The summed E-state index contributed by atoms with van der Waals surface area (Å²) < 4.78 is 10.9. The first kappa shape index (κ1) is 26.4. The van der Waals surface area contributed by atoms with E-state index in [9.17, 15) is 19.5 Å². The van der Waals surface area contributed by atoms with Gasteiger partial charge in [-0.1, -0.05) is 54.1 Å². The highest BCUT2D eigenvalue weighted by molar-refractivity contribution is 6.34. The van der Waals surface area contributed by atoms with E-state index >= 15 is 0 Å². The van der Waals surface area contributed by atoms with Crippen LogP contribution in [0.25, 0.3) is 0 Å². The maximum Gasteiger partial charge on any atom is 0.434 e. The zero-order valence-corrected chi connectivity index (χ0v) is 21.3. The number of amides is 3. The fraction of sp³-hybridized carbons (Fsp3) is 0.385. The Morgan fingerprint density at radius 2 is 2.03 bits per heavy atom. The third-order valence-corrected chi connectivity index (χ3v) is 6.86. The van der Waals surface area contributed by atoms with Gasteiger partial charge in [0.05, 0.1) is 28.8 Å². The van der Waals surface area contributed by atoms with Crippen molar-refractivity contribution in [2.75, 3.05) is 11.9 Å². The van der Waals surface area contributed by atoms with Crippen molar-refractivity contribution >= 4 is 41.3 Å². The van der Waals surface area contributed by atoms with Gasteiger partial charge in [0.25, 0.3) is 0 Å². The van der Waals surface area contributed by atoms with Crippen LogP contribution in [0.4, 0.5) is 15.3 Å². The van der Waals surface area contributed by atoms with Crippen molar-refractivity contribution in [1.29, 1.82) is 0 Å². The van der Waals surface area contributed by atoms with Crippen molar-refractivity contribution in [3.05, 3.63) is 64.7 Å². The molecule has 2 aromatic carbocycles. The van der Waals surface area contributed by atoms with E-state index in [1.807, 2.05) is 37.3 Å². The lowest BCUT2D eigenvalue weighted by Gasteiger charge is -2.45. The van der Waals surface area contributed by atoms with E-state index in [2.05, 4.69) is 15.6 Å². The summed E-state index contributed by atoms with van der Waals surface area (Å²) in [7, 11) is 0. The number of carboxylic acid groups (broad SMARTS) is 1. The summed E-state index contributed by atoms with van der Waals surface area (Å²) in [5, 5.41) is 15.4. The second-order valence-corrected chi connectivity index (χ2v) is 9.71. The van der Waals surface area contributed by atoms with Gasteiger partial charge >= 0.3 is 12.2 Å². The molecule has 0 aliphatic carbocycles. The van der Waals surface area contributed by atoms with Crippen molar-refractivity contribution in [2.45, 2.75) is 57.4 Å². The number of benzene rings is 2. The number of halogens is 1. The molecule has 4 rings (SSSR count). The molecule has 3 atom stereocenters. The van der Waals surface area contributed by atoms with Crippen molar-refractivity contribution in [1.82, 2.24) is 10.2 Å². The van der Waals surface area contributed by atoms with Crippen molar-refractivity contribution in [3.63, 3.8) is 0 Å². The molecular weight excluding hydrogens is 500 g/mol. The number of carbonyl (C=O) groups is 3. The van der Waals surface area contributed by atoms with Crippen LogP contribution in [0.2, 0.25) is 5.02 Å². The monoisotopic (exact) mass is 528 g/mol. The fourth-order valence-electron chi connectivity index (χ4n) is 4.70. The molecule has 2 aliphatic heterocycles. The summed E-state index contributed by atoms with van der Waals surface area (Å²) in [6.45, 7) is 4.21. The number of hydrogen-bond acceptors (Lipinski definition) is 5. The second-order valence-electron chi connectivity index (χ2n) is 9.33. The van der Waals surface area contributed by atoms with E-state index in [1.54, 1.807) is 25.1 Å². The Labute approximate surface area is 219 Å². The Morgan fingerprint density at radius 1 is 1.27 bits per heavy atom. The van der Waals surface area contributed by atoms with Gasteiger partial charge in [-0.3, -0.25) is 15.0 Å². The highest BCUT2D eigenvalue weighted by atomic mass is 35.5. The van der Waals surface area contributed by atoms with Crippen LogP contribution in [0.1, 0.15) is 44.2 Å². The molecule has 2 aromatic rings. The number of ether oxygens (including phenoxy) is 2. The Kier molecular flexibility index (Phi) is 7.99. The molecule has 2 aliphatic rings. The number of nitrogens with one attached hydrogen (secondary N) is 2. The molecular formula is C26H29ClN4O6. The van der Waals surface area contributed by atoms with Crippen molar-refractivity contribution < 1.29 is 29.0 Å². The van der Waals surface area contributed by atoms with E-state index in [-0.39, 0.29) is 42.1 Å². The average molecular weight is 529 g/mol. The van der Waals surface area contributed by atoms with Gasteiger partial charge in [0, 0.05) is 12.6 Å². The highest BCUT2D eigenvalue weighted by Gasteiger charge is 2.44. The van der Waals surface area contributed by atoms with Crippen LogP contribution >= 0.6 is 11.6 Å². The first-order chi connectivity index (χ1) is 17.7. The number of aliphatic imine (C=N–C) groups is 1. The normalized spacial score (nSPS) is 24.9. The average Bonchev–Trinajstić information content (AvgIpc) is 2.84. The van der Waals surface area contributed by atoms with Gasteiger partial charge in [0.2, 0.25) is 11.9 Å². The lowest BCUT2D eigenvalue weighted by atomic mass is 9.85. The van der Waals surface area contributed by atoms with E-state index in [0.29, 0.717) is 30.7 Å². The van der Waals surface area contributed by atoms with E-state index in [0.717, 1.165) is 5.56 Å². The summed E-state index contributed by atoms with van der Waals surface area (Å²) in [5.41, 5.74) is 0.552. The quantitative estimate of drug-likeness (QED) is 0.511. The standard InChI is InChI=1S/C26H29ClN4O6/c1-16-13-18(11-12-36-16)31-21(32)14-26(2,30-23(31)29-24(33)34)19-9-6-10-20(22(19)27)28-25(35)37-15-17-7-4-3-5-8-17/h3-10,16,18H,11-15H2,1-2H3,(H,28,35)(H,29,30)(H,33,34)/t16?,18?,26-/m0/s1. The molecule has 2 heterocycles. The number of nitrogens with zero attached hydrogens (tertiary/aromatic N) is 2. The van der Waals surface area contributed by atoms with Crippen LogP contribution in [0.5, 0.6) is 0 Å². The fourth-order valence-corrected chi connectivity index (χ4v) is 5.08. The first-order valence-electron chi connectivity index (χ1n) is 12.0. The smallest absolute Gasteiger partial charge is 0.434 e. The lowest BCUT2D eigenvalue weighted by molar-refractivity contribution is -0.134. The van der Waals surface area contributed by atoms with Gasteiger partial charge in [-0.15, -0.1) is 4.99 Å². The maximum atomic E-state index is 13.4. The SMILES string of the molecule is CC1CC(N2C(=O)C[C@@](C)(c3cccc(NC(=O)OCc4ccccc4)c3Cl)N/C2=N\C(=O)O)CCO1. The van der Waals surface area contributed by atoms with E-state index in [1.165, 1.54) is 4.90 Å². The summed E-state index contributed by atoms with van der Waals surface area (Å²) in [6.07, 6.45) is -1.04. The first-order valence-corrected chi connectivity index (χ1v) is 12.3. The molecule has 0 aromatic heterocycles. The van der Waals surface area contributed by atoms with Gasteiger partial charge in [-0.05, 0) is 43.9 Å². The van der Waals surface area contributed by atoms with Crippen LogP contribution in [0.3, 0.4) is 0 Å². The number of guanidine groups is 1. The molecule has 10 nitrogen and oxygen atoms in total. The Balaban J connectivity index is 1.55. The molecule has 0 bridgehead atoms. The summed E-state index contributed by atoms with van der Waals surface area (Å²) in [4.78, 5) is 42.5. The molecule has 2 saturated heterocycles. The van der Waals surface area contributed by atoms with Crippen LogP contribution < -0.4 is 10.6 Å². The lowest BCUT2D eigenvalue weighted by Crippen LogP contribution is -2.63. The van der Waals surface area contributed by atoms with E-state index in [4.69, 9.17) is 21.1 Å². The van der Waals surface area contributed by atoms with Gasteiger partial charge in [-0.25, -0.2) is 9.59 Å². The topological polar surface area (TPSA) is 130 Å². The molecule has 0 radical (unpaired) electrons. The maximum absolute atomic E-state index is 13.4. The highest BCUT2D eigenvalue weighted by Crippen LogP contribution is 2.38. The molecule has 196 valence electrons. The summed E-state index contributed by atoms with van der Waals surface area (Å²) >= 11 is 6.69. The third kappa shape index (κ3) is 6.20. The van der Waals surface area contributed by atoms with Crippen LogP contribution in [0, 0.1) is 0 Å². The molecule has 2 unspecified atom stereocenters. The van der Waals surface area contributed by atoms with E-state index < -0.39 is 17.7 Å². The number of carbonyl (C=O) groups excluding carboxylic acids is 2. The number of hydrogen-bond donors (Lipinski definition) is 3. The van der Waals surface area contributed by atoms with Crippen LogP contribution in [-0.4, -0.2) is 52.8 Å². The summed E-state index contributed by atoms with van der Waals surface area (Å²) in [6, 6.07) is 14.0. The van der Waals surface area contributed by atoms with Crippen LogP contribution in [-0.2, 0) is 26.4 Å². The van der Waals surface area contributed by atoms with Crippen molar-refractivity contribution in [3.8, 4) is 0 Å². The molecule has 3 N–H and O–H groups in total. The van der Waals surface area contributed by atoms with Gasteiger partial charge in [0.15, 0.2) is 0 Å². The minimum atomic E-state index is -1.42. The predicted octanol–water partition coefficient (Wildman–Crippen LogP) is 4.73. The Morgan fingerprint density at radius 3 is 2.73 bits per heavy atom. The Bertz CT molecular complexity index is 1210. The second kappa shape index (κ2) is 11.2. The Hall–Kier alpha value is -3.63. The molecule has 11 heteroatoms. The van der Waals surface area contributed by atoms with Gasteiger partial charge < -0.3 is 19.9 Å². The minimum Gasteiger partial charge on any atom is -0.463 e. The molecule has 2 fully saturated rings. The summed E-state index contributed by atoms with van der Waals surface area (Å²) in [5.74, 6) is -0.334. The van der Waals surface area contributed by atoms with Gasteiger partial charge in [-0.2, -0.15) is 0 Å². The van der Waals surface area contributed by atoms with Gasteiger partial charge in [0.1, 0.15) is 6.61 Å². The molecule has 0 spiro atoms. The van der Waals surface area contributed by atoms with Crippen LogP contribution in [0.15, 0.2) is 53.5 Å². The third-order valence-electron chi connectivity index (χ3n) is 6.46. The predicted molar refractivity (Wildman–Crippen MR) is 138 cm³/mol. The molecule has 0 saturated carbocycles. The van der Waals surface area contributed by atoms with Crippen molar-refractivity contribution in [2.24, 2.45) is 4.99 Å². The molecule has 3 amide bonds. The zero-order valence-electron chi connectivity index (χ0n) is 20.6.